The van der Waals surface area contributed by atoms with Gasteiger partial charge in [0.2, 0.25) is 5.91 Å². The molecule has 2 amide bonds. The van der Waals surface area contributed by atoms with Crippen molar-refractivity contribution in [1.82, 2.24) is 4.90 Å². The molecular formula is C22H20N2O2S2. The number of allylic oxidation sites excluding steroid dienone is 2. The molecule has 0 spiro atoms. The normalized spacial score (nSPS) is 16.0. The Labute approximate surface area is 174 Å². The molecule has 0 radical (unpaired) electrons. The molecule has 28 heavy (non-hydrogen) atoms. The number of carbonyl (C=O) groups excluding carboxylic acids is 2. The van der Waals surface area contributed by atoms with E-state index in [1.165, 1.54) is 16.7 Å². The Balaban J connectivity index is 1.66. The second kappa shape index (κ2) is 8.99. The van der Waals surface area contributed by atoms with Gasteiger partial charge in [0, 0.05) is 5.69 Å². The first-order valence-corrected chi connectivity index (χ1v) is 10.00. The molecule has 0 unspecified atom stereocenters. The van der Waals surface area contributed by atoms with Gasteiger partial charge < -0.3 is 5.32 Å². The molecule has 1 aliphatic rings. The summed E-state index contributed by atoms with van der Waals surface area (Å²) in [7, 11) is 0. The van der Waals surface area contributed by atoms with E-state index in [0.717, 1.165) is 16.7 Å². The molecule has 0 atom stereocenters. The number of nitrogens with one attached hydrogen (secondary N) is 1. The quantitative estimate of drug-likeness (QED) is 0.571. The van der Waals surface area contributed by atoms with Crippen LogP contribution >= 0.6 is 24.0 Å². The molecular weight excluding hydrogens is 388 g/mol. The molecule has 1 N–H and O–H groups in total. The highest BCUT2D eigenvalue weighted by Gasteiger charge is 2.33. The number of hydrogen-bond donors (Lipinski definition) is 1. The van der Waals surface area contributed by atoms with E-state index in [1.54, 1.807) is 0 Å². The van der Waals surface area contributed by atoms with E-state index in [9.17, 15) is 9.59 Å². The molecule has 4 nitrogen and oxygen atoms in total. The lowest BCUT2D eigenvalue weighted by atomic mass is 10.1. The monoisotopic (exact) mass is 408 g/mol. The van der Waals surface area contributed by atoms with Crippen LogP contribution in [0.15, 0.2) is 71.2 Å². The summed E-state index contributed by atoms with van der Waals surface area (Å²) in [6, 6.07) is 17.4. The Morgan fingerprint density at radius 3 is 2.50 bits per heavy atom. The fourth-order valence-electron chi connectivity index (χ4n) is 2.68. The number of thioether (sulfide) groups is 1. The summed E-state index contributed by atoms with van der Waals surface area (Å²) in [5.41, 5.74) is 3.80. The van der Waals surface area contributed by atoms with Crippen LogP contribution in [-0.4, -0.2) is 27.6 Å². The minimum Gasteiger partial charge on any atom is -0.325 e. The summed E-state index contributed by atoms with van der Waals surface area (Å²) >= 11 is 6.52. The third-order valence-electron chi connectivity index (χ3n) is 4.06. The Morgan fingerprint density at radius 2 is 1.82 bits per heavy atom. The van der Waals surface area contributed by atoms with Crippen molar-refractivity contribution < 1.29 is 9.59 Å². The standard InChI is InChI=1S/C22H20N2O2S2/c1-15-8-10-18(11-9-15)23-20(25)14-24-21(26)19(28-22(24)27)13-16(2)12-17-6-4-3-5-7-17/h3-13H,14H2,1-2H3,(H,23,25)/b16-12+,19-13+. The van der Waals surface area contributed by atoms with Gasteiger partial charge in [-0.1, -0.05) is 78.1 Å². The highest BCUT2D eigenvalue weighted by molar-refractivity contribution is 8.26. The molecule has 0 saturated carbocycles. The Kier molecular flexibility index (Phi) is 6.44. The van der Waals surface area contributed by atoms with Gasteiger partial charge in [0.1, 0.15) is 10.9 Å². The summed E-state index contributed by atoms with van der Waals surface area (Å²) in [5.74, 6) is -0.521. The molecule has 6 heteroatoms. The largest absolute Gasteiger partial charge is 0.325 e. The first-order chi connectivity index (χ1) is 13.4. The first kappa shape index (κ1) is 20.0. The van der Waals surface area contributed by atoms with E-state index >= 15 is 0 Å². The van der Waals surface area contributed by atoms with Gasteiger partial charge in [0.25, 0.3) is 5.91 Å². The second-order valence-electron chi connectivity index (χ2n) is 6.48. The predicted molar refractivity (Wildman–Crippen MR) is 120 cm³/mol. The Bertz CT molecular complexity index is 964. The summed E-state index contributed by atoms with van der Waals surface area (Å²) in [5, 5.41) is 2.79. The topological polar surface area (TPSA) is 49.4 Å². The number of rotatable bonds is 5. The fourth-order valence-corrected chi connectivity index (χ4v) is 3.98. The smallest absolute Gasteiger partial charge is 0.266 e. The van der Waals surface area contributed by atoms with Crippen molar-refractivity contribution in [2.24, 2.45) is 0 Å². The average Bonchev–Trinajstić information content (AvgIpc) is 2.91. The SMILES string of the molecule is CC(=C\c1ccccc1)/C=C1/SC(=S)N(CC(=O)Nc2ccc(C)cc2)C1=O. The lowest BCUT2D eigenvalue weighted by molar-refractivity contribution is -0.126. The van der Waals surface area contributed by atoms with Crippen LogP contribution < -0.4 is 5.32 Å². The fraction of sp³-hybridized carbons (Fsp3) is 0.136. The second-order valence-corrected chi connectivity index (χ2v) is 8.16. The third kappa shape index (κ3) is 5.18. The van der Waals surface area contributed by atoms with Gasteiger partial charge in [-0.15, -0.1) is 0 Å². The van der Waals surface area contributed by atoms with Crippen molar-refractivity contribution >= 4 is 51.9 Å². The molecule has 2 aromatic carbocycles. The predicted octanol–water partition coefficient (Wildman–Crippen LogP) is 4.78. The number of thiocarbonyl (C=S) groups is 1. The minimum absolute atomic E-state index is 0.0999. The number of amides is 2. The number of benzene rings is 2. The Hall–Kier alpha value is -2.70. The number of nitrogens with zero attached hydrogens (tertiary/aromatic N) is 1. The van der Waals surface area contributed by atoms with Crippen LogP contribution in [0, 0.1) is 6.92 Å². The maximum absolute atomic E-state index is 12.7. The maximum Gasteiger partial charge on any atom is 0.266 e. The summed E-state index contributed by atoms with van der Waals surface area (Å²) in [6.45, 7) is 3.81. The van der Waals surface area contributed by atoms with Gasteiger partial charge in [0.05, 0.1) is 4.91 Å². The van der Waals surface area contributed by atoms with Gasteiger partial charge >= 0.3 is 0 Å². The van der Waals surface area contributed by atoms with Gasteiger partial charge in [-0.2, -0.15) is 0 Å². The Morgan fingerprint density at radius 1 is 1.14 bits per heavy atom. The molecule has 0 bridgehead atoms. The molecule has 1 heterocycles. The van der Waals surface area contributed by atoms with Gasteiger partial charge in [-0.05, 0) is 43.2 Å². The zero-order valence-electron chi connectivity index (χ0n) is 15.6. The first-order valence-electron chi connectivity index (χ1n) is 8.77. The van der Waals surface area contributed by atoms with E-state index in [-0.39, 0.29) is 18.4 Å². The van der Waals surface area contributed by atoms with Crippen molar-refractivity contribution in [2.75, 3.05) is 11.9 Å². The number of hydrogen-bond acceptors (Lipinski definition) is 4. The number of carbonyl (C=O) groups is 2. The molecule has 0 aromatic heterocycles. The van der Waals surface area contributed by atoms with Gasteiger partial charge in [-0.25, -0.2) is 0 Å². The summed E-state index contributed by atoms with van der Waals surface area (Å²) in [4.78, 5) is 26.9. The van der Waals surface area contributed by atoms with E-state index in [1.807, 2.05) is 80.6 Å². The number of anilines is 1. The highest BCUT2D eigenvalue weighted by atomic mass is 32.2. The average molecular weight is 409 g/mol. The summed E-state index contributed by atoms with van der Waals surface area (Å²) in [6.07, 6.45) is 3.81. The van der Waals surface area contributed by atoms with Crippen LogP contribution in [0.2, 0.25) is 0 Å². The maximum atomic E-state index is 12.7. The minimum atomic E-state index is -0.280. The molecule has 3 rings (SSSR count). The van der Waals surface area contributed by atoms with Crippen molar-refractivity contribution in [3.8, 4) is 0 Å². The van der Waals surface area contributed by atoms with E-state index in [2.05, 4.69) is 5.32 Å². The number of aryl methyl sites for hydroxylation is 1. The molecule has 2 aromatic rings. The van der Waals surface area contributed by atoms with Crippen LogP contribution in [0.3, 0.4) is 0 Å². The van der Waals surface area contributed by atoms with E-state index in [0.29, 0.717) is 14.9 Å². The molecule has 1 aliphatic heterocycles. The van der Waals surface area contributed by atoms with Gasteiger partial charge in [-0.3, -0.25) is 14.5 Å². The molecule has 142 valence electrons. The highest BCUT2D eigenvalue weighted by Crippen LogP contribution is 2.32. The molecule has 1 fully saturated rings. The van der Waals surface area contributed by atoms with Gasteiger partial charge in [0.15, 0.2) is 0 Å². The lowest BCUT2D eigenvalue weighted by Gasteiger charge is -2.14. The van der Waals surface area contributed by atoms with Crippen LogP contribution in [0.1, 0.15) is 18.1 Å². The molecule has 1 saturated heterocycles. The van der Waals surface area contributed by atoms with Crippen molar-refractivity contribution in [3.63, 3.8) is 0 Å². The van der Waals surface area contributed by atoms with Crippen molar-refractivity contribution in [1.29, 1.82) is 0 Å². The van der Waals surface area contributed by atoms with Crippen LogP contribution in [0.5, 0.6) is 0 Å². The zero-order chi connectivity index (χ0) is 20.1. The zero-order valence-corrected chi connectivity index (χ0v) is 17.3. The third-order valence-corrected chi connectivity index (χ3v) is 5.44. The lowest BCUT2D eigenvalue weighted by Crippen LogP contribution is -2.36. The van der Waals surface area contributed by atoms with E-state index < -0.39 is 0 Å². The van der Waals surface area contributed by atoms with Crippen LogP contribution in [0.25, 0.3) is 6.08 Å². The van der Waals surface area contributed by atoms with E-state index in [4.69, 9.17) is 12.2 Å². The van der Waals surface area contributed by atoms with Crippen LogP contribution in [-0.2, 0) is 9.59 Å². The van der Waals surface area contributed by atoms with Crippen molar-refractivity contribution in [3.05, 3.63) is 82.3 Å². The van der Waals surface area contributed by atoms with Crippen molar-refractivity contribution in [2.45, 2.75) is 13.8 Å². The molecule has 0 aliphatic carbocycles. The summed E-state index contributed by atoms with van der Waals surface area (Å²) < 4.78 is 0.391. The van der Waals surface area contributed by atoms with Crippen LogP contribution in [0.4, 0.5) is 5.69 Å².